The standard InChI is InChI=1S/C33H36N2O5S2/c1-4-39-21-29(30-19-34-32(42-30)24-11-6-5-7-12-24)40-20-23-14-15-26(27(18-23)25-13-9-8-10-22(25)2)31(36)35-28(33(37)38)16-17-41-3/h5-15,18-19,28-29H,4,16-17,20-21H2,1-3H3,(H,35,36)(H,37,38). The van der Waals surface area contributed by atoms with E-state index in [-0.39, 0.29) is 6.10 Å². The van der Waals surface area contributed by atoms with Crippen LogP contribution in [0.5, 0.6) is 0 Å². The highest BCUT2D eigenvalue weighted by molar-refractivity contribution is 7.98. The van der Waals surface area contributed by atoms with E-state index >= 15 is 0 Å². The molecule has 1 amide bonds. The number of carbonyl (C=O) groups is 2. The third-order valence-electron chi connectivity index (χ3n) is 6.76. The second-order valence-electron chi connectivity index (χ2n) is 9.73. The number of thiazole rings is 1. The van der Waals surface area contributed by atoms with E-state index in [9.17, 15) is 14.7 Å². The van der Waals surface area contributed by atoms with E-state index < -0.39 is 17.9 Å². The molecule has 0 aliphatic carbocycles. The molecule has 0 spiro atoms. The largest absolute Gasteiger partial charge is 0.480 e. The van der Waals surface area contributed by atoms with Gasteiger partial charge in [0.15, 0.2) is 0 Å². The zero-order valence-electron chi connectivity index (χ0n) is 24.0. The van der Waals surface area contributed by atoms with Crippen molar-refractivity contribution in [2.75, 3.05) is 25.2 Å². The molecule has 2 unspecified atom stereocenters. The van der Waals surface area contributed by atoms with Crippen LogP contribution < -0.4 is 5.32 Å². The molecule has 0 radical (unpaired) electrons. The lowest BCUT2D eigenvalue weighted by Gasteiger charge is -2.19. The number of amides is 1. The van der Waals surface area contributed by atoms with Gasteiger partial charge in [0, 0.05) is 23.9 Å². The third-order valence-corrected chi connectivity index (χ3v) is 8.55. The molecule has 4 aromatic rings. The minimum Gasteiger partial charge on any atom is -0.480 e. The Morgan fingerprint density at radius 1 is 1.05 bits per heavy atom. The lowest BCUT2D eigenvalue weighted by atomic mass is 9.93. The van der Waals surface area contributed by atoms with E-state index in [2.05, 4.69) is 10.3 Å². The van der Waals surface area contributed by atoms with Crippen molar-refractivity contribution in [1.82, 2.24) is 10.3 Å². The van der Waals surface area contributed by atoms with Crippen molar-refractivity contribution < 1.29 is 24.2 Å². The number of nitrogens with one attached hydrogen (secondary N) is 1. The highest BCUT2D eigenvalue weighted by atomic mass is 32.2. The van der Waals surface area contributed by atoms with Gasteiger partial charge in [-0.15, -0.1) is 11.3 Å². The van der Waals surface area contributed by atoms with Gasteiger partial charge < -0.3 is 19.9 Å². The number of benzene rings is 3. The van der Waals surface area contributed by atoms with E-state index in [1.807, 2.05) is 93.0 Å². The van der Waals surface area contributed by atoms with Gasteiger partial charge in [0.2, 0.25) is 0 Å². The number of ether oxygens (including phenoxy) is 2. The second kappa shape index (κ2) is 15.7. The quantitative estimate of drug-likeness (QED) is 0.151. The van der Waals surface area contributed by atoms with Crippen LogP contribution >= 0.6 is 23.1 Å². The fourth-order valence-corrected chi connectivity index (χ4v) is 5.92. The van der Waals surface area contributed by atoms with Crippen LogP contribution in [-0.4, -0.2) is 53.2 Å². The normalized spacial score (nSPS) is 12.5. The molecule has 7 nitrogen and oxygen atoms in total. The van der Waals surface area contributed by atoms with E-state index in [1.54, 1.807) is 29.2 Å². The summed E-state index contributed by atoms with van der Waals surface area (Å²) in [5.41, 5.74) is 5.00. The fraction of sp³-hybridized carbons (Fsp3) is 0.303. The van der Waals surface area contributed by atoms with Crippen molar-refractivity contribution in [3.05, 3.63) is 101 Å². The third kappa shape index (κ3) is 8.29. The molecule has 0 aliphatic heterocycles. The Labute approximate surface area is 255 Å². The van der Waals surface area contributed by atoms with Gasteiger partial charge in [-0.3, -0.25) is 4.79 Å². The number of aryl methyl sites for hydroxylation is 1. The number of carbonyl (C=O) groups excluding carboxylic acids is 1. The summed E-state index contributed by atoms with van der Waals surface area (Å²) in [5, 5.41) is 13.3. The van der Waals surface area contributed by atoms with Gasteiger partial charge in [-0.2, -0.15) is 11.8 Å². The Balaban J connectivity index is 1.59. The molecule has 220 valence electrons. The maximum atomic E-state index is 13.4. The predicted octanol–water partition coefficient (Wildman–Crippen LogP) is 7.02. The van der Waals surface area contributed by atoms with Crippen LogP contribution in [0.4, 0.5) is 0 Å². The van der Waals surface area contributed by atoms with Crippen molar-refractivity contribution in [3.8, 4) is 21.7 Å². The molecule has 3 aromatic carbocycles. The van der Waals surface area contributed by atoms with Gasteiger partial charge in [0.1, 0.15) is 17.2 Å². The molecule has 9 heteroatoms. The summed E-state index contributed by atoms with van der Waals surface area (Å²) in [4.78, 5) is 30.8. The Bertz CT molecular complexity index is 1470. The summed E-state index contributed by atoms with van der Waals surface area (Å²) in [7, 11) is 0. The number of hydrogen-bond acceptors (Lipinski definition) is 7. The van der Waals surface area contributed by atoms with Crippen LogP contribution in [0.25, 0.3) is 21.7 Å². The number of nitrogens with zero attached hydrogens (tertiary/aromatic N) is 1. The van der Waals surface area contributed by atoms with Crippen LogP contribution in [0.3, 0.4) is 0 Å². The first-order valence-corrected chi connectivity index (χ1v) is 16.0. The Morgan fingerprint density at radius 2 is 1.81 bits per heavy atom. The molecule has 2 atom stereocenters. The molecular weight excluding hydrogens is 569 g/mol. The SMILES string of the molecule is CCOCC(OCc1ccc(C(=O)NC(CCSC)C(=O)O)c(-c2ccccc2C)c1)c1cnc(-c2ccccc2)s1. The number of carboxylic acid groups (broad SMARTS) is 1. The summed E-state index contributed by atoms with van der Waals surface area (Å²) >= 11 is 3.13. The van der Waals surface area contributed by atoms with Crippen molar-refractivity contribution in [2.45, 2.75) is 39.0 Å². The maximum absolute atomic E-state index is 13.4. The average Bonchev–Trinajstić information content (AvgIpc) is 3.50. The molecule has 0 bridgehead atoms. The van der Waals surface area contributed by atoms with Crippen LogP contribution in [0.2, 0.25) is 0 Å². The lowest BCUT2D eigenvalue weighted by molar-refractivity contribution is -0.139. The molecule has 0 saturated carbocycles. The average molecular weight is 605 g/mol. The molecule has 1 aromatic heterocycles. The monoisotopic (exact) mass is 604 g/mol. The molecule has 0 fully saturated rings. The van der Waals surface area contributed by atoms with Crippen molar-refractivity contribution >= 4 is 35.0 Å². The summed E-state index contributed by atoms with van der Waals surface area (Å²) in [6, 6.07) is 22.5. The Kier molecular flexibility index (Phi) is 11.7. The van der Waals surface area contributed by atoms with Crippen molar-refractivity contribution in [3.63, 3.8) is 0 Å². The zero-order chi connectivity index (χ0) is 29.9. The number of rotatable bonds is 15. The summed E-state index contributed by atoms with van der Waals surface area (Å²) in [5.74, 6) is -0.825. The minimum absolute atomic E-state index is 0.294. The maximum Gasteiger partial charge on any atom is 0.326 e. The summed E-state index contributed by atoms with van der Waals surface area (Å²) in [6.45, 7) is 5.20. The predicted molar refractivity (Wildman–Crippen MR) is 170 cm³/mol. The smallest absolute Gasteiger partial charge is 0.326 e. The molecule has 0 saturated heterocycles. The first-order valence-electron chi connectivity index (χ1n) is 13.8. The number of thioether (sulfide) groups is 1. The fourth-order valence-electron chi connectivity index (χ4n) is 4.49. The van der Waals surface area contributed by atoms with Gasteiger partial charge in [-0.1, -0.05) is 60.7 Å². The molecule has 4 rings (SSSR count). The van der Waals surface area contributed by atoms with Gasteiger partial charge in [0.05, 0.1) is 18.1 Å². The first-order chi connectivity index (χ1) is 20.4. The lowest BCUT2D eigenvalue weighted by Crippen LogP contribution is -2.41. The molecule has 42 heavy (non-hydrogen) atoms. The topological polar surface area (TPSA) is 97.8 Å². The summed E-state index contributed by atoms with van der Waals surface area (Å²) < 4.78 is 12.1. The zero-order valence-corrected chi connectivity index (χ0v) is 25.7. The highest BCUT2D eigenvalue weighted by Gasteiger charge is 2.23. The van der Waals surface area contributed by atoms with Crippen LogP contribution in [0, 0.1) is 6.92 Å². The Morgan fingerprint density at radius 3 is 2.52 bits per heavy atom. The van der Waals surface area contributed by atoms with Gasteiger partial charge in [-0.05, 0) is 66.7 Å². The Hall–Kier alpha value is -3.50. The summed E-state index contributed by atoms with van der Waals surface area (Å²) in [6.07, 6.45) is 3.79. The van der Waals surface area contributed by atoms with Crippen molar-refractivity contribution in [1.29, 1.82) is 0 Å². The molecular formula is C33H36N2O5S2. The van der Waals surface area contributed by atoms with E-state index in [0.29, 0.717) is 37.6 Å². The van der Waals surface area contributed by atoms with Crippen LogP contribution in [-0.2, 0) is 20.9 Å². The number of aliphatic carboxylic acids is 1. The van der Waals surface area contributed by atoms with E-state index in [4.69, 9.17) is 9.47 Å². The van der Waals surface area contributed by atoms with Crippen LogP contribution in [0.15, 0.2) is 79.0 Å². The highest BCUT2D eigenvalue weighted by Crippen LogP contribution is 2.33. The van der Waals surface area contributed by atoms with Crippen molar-refractivity contribution in [2.24, 2.45) is 0 Å². The molecule has 2 N–H and O–H groups in total. The van der Waals surface area contributed by atoms with Gasteiger partial charge in [0.25, 0.3) is 5.91 Å². The second-order valence-corrected chi connectivity index (χ2v) is 11.8. The van der Waals surface area contributed by atoms with Crippen LogP contribution in [0.1, 0.15) is 45.8 Å². The first kappa shape index (κ1) is 31.4. The van der Waals surface area contributed by atoms with E-state index in [0.717, 1.165) is 37.7 Å². The van der Waals surface area contributed by atoms with E-state index in [1.165, 1.54) is 0 Å². The molecule has 0 aliphatic rings. The number of carboxylic acids is 1. The minimum atomic E-state index is -1.04. The number of aromatic nitrogens is 1. The van der Waals surface area contributed by atoms with Gasteiger partial charge in [-0.25, -0.2) is 9.78 Å². The number of hydrogen-bond donors (Lipinski definition) is 2. The van der Waals surface area contributed by atoms with Gasteiger partial charge >= 0.3 is 5.97 Å². The molecule has 1 heterocycles.